The van der Waals surface area contributed by atoms with E-state index in [0.717, 1.165) is 0 Å². The van der Waals surface area contributed by atoms with Crippen LogP contribution in [-0.2, 0) is 14.3 Å². The molecule has 0 radical (unpaired) electrons. The molecule has 7 heteroatoms. The third kappa shape index (κ3) is 6.83. The van der Waals surface area contributed by atoms with Gasteiger partial charge < -0.3 is 14.6 Å². The van der Waals surface area contributed by atoms with Crippen molar-refractivity contribution in [2.45, 2.75) is 10.7 Å². The maximum atomic E-state index is 10.9. The summed E-state index contributed by atoms with van der Waals surface area (Å²) in [6.45, 7) is 0.230. The molecule has 0 fully saturated rings. The van der Waals surface area contributed by atoms with Gasteiger partial charge in [0.25, 0.3) is 0 Å². The van der Waals surface area contributed by atoms with E-state index in [1.54, 1.807) is 0 Å². The lowest BCUT2D eigenvalue weighted by Crippen LogP contribution is -2.26. The number of carbonyl (C=O) groups excluding carboxylic acids is 1. The van der Waals surface area contributed by atoms with Gasteiger partial charge in [0.2, 0.25) is 0 Å². The SMILES string of the molecule is O=C(OCC(CS)OCCO)C(S)S. The predicted molar refractivity (Wildman–Crippen MR) is 63.4 cm³/mol. The minimum absolute atomic E-state index is 0.0695. The Labute approximate surface area is 99.6 Å². The number of esters is 1. The third-order valence-electron chi connectivity index (χ3n) is 1.27. The molecule has 0 saturated heterocycles. The summed E-state index contributed by atoms with van der Waals surface area (Å²) in [5, 5.41) is 8.49. The van der Waals surface area contributed by atoms with E-state index in [-0.39, 0.29) is 25.9 Å². The second-order valence-corrected chi connectivity index (χ2v) is 4.21. The first-order chi connectivity index (χ1) is 6.61. The molecule has 0 saturated carbocycles. The zero-order valence-electron chi connectivity index (χ0n) is 7.50. The van der Waals surface area contributed by atoms with Gasteiger partial charge in [-0.15, -0.1) is 0 Å². The molecule has 0 aromatic carbocycles. The monoisotopic (exact) mass is 258 g/mol. The molecule has 0 aliphatic carbocycles. The van der Waals surface area contributed by atoms with Crippen molar-refractivity contribution in [3.63, 3.8) is 0 Å². The summed E-state index contributed by atoms with van der Waals surface area (Å²) in [6.07, 6.45) is -0.310. The molecule has 0 rings (SSSR count). The number of hydrogen-bond donors (Lipinski definition) is 4. The van der Waals surface area contributed by atoms with Crippen LogP contribution < -0.4 is 0 Å². The van der Waals surface area contributed by atoms with E-state index in [1.807, 2.05) is 0 Å². The summed E-state index contributed by atoms with van der Waals surface area (Å²) in [5.41, 5.74) is 0. The Balaban J connectivity index is 3.66. The zero-order chi connectivity index (χ0) is 11.0. The fourth-order valence-electron chi connectivity index (χ4n) is 0.623. The Morgan fingerprint density at radius 3 is 2.50 bits per heavy atom. The average molecular weight is 258 g/mol. The second kappa shape index (κ2) is 8.72. The predicted octanol–water partition coefficient (Wildman–Crippen LogP) is 0.0226. The molecular weight excluding hydrogens is 244 g/mol. The van der Waals surface area contributed by atoms with Crippen molar-refractivity contribution in [1.82, 2.24) is 0 Å². The topological polar surface area (TPSA) is 55.8 Å². The van der Waals surface area contributed by atoms with Crippen molar-refractivity contribution < 1.29 is 19.4 Å². The normalized spacial score (nSPS) is 12.9. The minimum atomic E-state index is -0.742. The number of hydrogen-bond acceptors (Lipinski definition) is 7. The number of aliphatic hydroxyl groups excluding tert-OH is 1. The molecule has 0 aliphatic rings. The van der Waals surface area contributed by atoms with Gasteiger partial charge in [0.1, 0.15) is 17.3 Å². The summed E-state index contributed by atoms with van der Waals surface area (Å²) in [4.78, 5) is 10.9. The molecular formula is C7H14O4S3. The molecule has 1 N–H and O–H groups in total. The molecule has 0 bridgehead atoms. The molecule has 4 nitrogen and oxygen atoms in total. The zero-order valence-corrected chi connectivity index (χ0v) is 10.2. The van der Waals surface area contributed by atoms with Gasteiger partial charge in [-0.05, 0) is 0 Å². The smallest absolute Gasteiger partial charge is 0.328 e. The van der Waals surface area contributed by atoms with Gasteiger partial charge in [-0.3, -0.25) is 0 Å². The highest BCUT2D eigenvalue weighted by atomic mass is 32.2. The minimum Gasteiger partial charge on any atom is -0.461 e. The Bertz CT molecular complexity index is 165. The first-order valence-corrected chi connectivity index (χ1v) is 5.64. The van der Waals surface area contributed by atoms with E-state index in [4.69, 9.17) is 14.6 Å². The summed E-state index contributed by atoms with van der Waals surface area (Å²) in [6, 6.07) is 0. The fraction of sp³-hybridized carbons (Fsp3) is 0.857. The van der Waals surface area contributed by atoms with Crippen LogP contribution in [0.3, 0.4) is 0 Å². The second-order valence-electron chi connectivity index (χ2n) is 2.40. The van der Waals surface area contributed by atoms with Crippen molar-refractivity contribution in [2.24, 2.45) is 0 Å². The van der Waals surface area contributed by atoms with Crippen molar-refractivity contribution in [3.8, 4) is 0 Å². The maximum Gasteiger partial charge on any atom is 0.328 e. The van der Waals surface area contributed by atoms with Crippen molar-refractivity contribution in [2.75, 3.05) is 25.6 Å². The highest BCUT2D eigenvalue weighted by Crippen LogP contribution is 2.04. The lowest BCUT2D eigenvalue weighted by atomic mass is 10.4. The number of thiol groups is 3. The summed E-state index contributed by atoms with van der Waals surface area (Å²) in [7, 11) is 0. The lowest BCUT2D eigenvalue weighted by Gasteiger charge is -2.15. The van der Waals surface area contributed by atoms with Crippen LogP contribution in [0.1, 0.15) is 0 Å². The van der Waals surface area contributed by atoms with E-state index < -0.39 is 10.6 Å². The molecule has 0 spiro atoms. The van der Waals surface area contributed by atoms with Crippen molar-refractivity contribution >= 4 is 43.9 Å². The molecule has 1 atom stereocenters. The van der Waals surface area contributed by atoms with Crippen LogP contribution >= 0.6 is 37.9 Å². The standard InChI is InChI=1S/C7H14O4S3/c8-1-2-10-5(4-12)3-11-6(9)7(13)14/h5,7-8,12-14H,1-4H2. The molecule has 0 aromatic heterocycles. The van der Waals surface area contributed by atoms with Gasteiger partial charge >= 0.3 is 5.97 Å². The number of carbonyl (C=O) groups is 1. The van der Waals surface area contributed by atoms with Gasteiger partial charge in [0.05, 0.1) is 13.2 Å². The number of ether oxygens (including phenoxy) is 2. The fourth-order valence-corrected chi connectivity index (χ4v) is 0.982. The van der Waals surface area contributed by atoms with Crippen LogP contribution in [0, 0.1) is 0 Å². The third-order valence-corrected chi connectivity index (χ3v) is 2.10. The van der Waals surface area contributed by atoms with Gasteiger partial charge in [0, 0.05) is 5.75 Å². The maximum absolute atomic E-state index is 10.9. The Hall–Kier alpha value is 0.440. The quantitative estimate of drug-likeness (QED) is 0.295. The molecule has 0 aliphatic heterocycles. The van der Waals surface area contributed by atoms with Crippen LogP contribution in [0.2, 0.25) is 0 Å². The van der Waals surface area contributed by atoms with Crippen LogP contribution in [-0.4, -0.2) is 47.3 Å². The summed E-state index contributed by atoms with van der Waals surface area (Å²) >= 11 is 11.6. The number of aliphatic hydroxyl groups is 1. The largest absolute Gasteiger partial charge is 0.461 e. The molecule has 0 amide bonds. The van der Waals surface area contributed by atoms with E-state index in [1.165, 1.54) is 0 Å². The highest BCUT2D eigenvalue weighted by molar-refractivity contribution is 8.00. The Morgan fingerprint density at radius 1 is 1.43 bits per heavy atom. The van der Waals surface area contributed by atoms with Gasteiger partial charge in [-0.25, -0.2) is 4.79 Å². The summed E-state index contributed by atoms with van der Waals surface area (Å²) < 4.78 is 9.18. The molecule has 0 aromatic rings. The van der Waals surface area contributed by atoms with Crippen LogP contribution in [0.25, 0.3) is 0 Å². The van der Waals surface area contributed by atoms with Crippen LogP contribution in [0.4, 0.5) is 0 Å². The molecule has 14 heavy (non-hydrogen) atoms. The van der Waals surface area contributed by atoms with E-state index in [0.29, 0.717) is 5.75 Å². The van der Waals surface area contributed by atoms with Crippen molar-refractivity contribution in [3.05, 3.63) is 0 Å². The molecule has 0 heterocycles. The van der Waals surface area contributed by atoms with Crippen molar-refractivity contribution in [1.29, 1.82) is 0 Å². The van der Waals surface area contributed by atoms with E-state index >= 15 is 0 Å². The van der Waals surface area contributed by atoms with E-state index in [9.17, 15) is 4.79 Å². The number of rotatable bonds is 7. The van der Waals surface area contributed by atoms with E-state index in [2.05, 4.69) is 37.9 Å². The Morgan fingerprint density at radius 2 is 2.07 bits per heavy atom. The lowest BCUT2D eigenvalue weighted by molar-refractivity contribution is -0.145. The Kier molecular flexibility index (Phi) is 9.00. The average Bonchev–Trinajstić information content (AvgIpc) is 2.17. The highest BCUT2D eigenvalue weighted by Gasteiger charge is 2.14. The molecule has 84 valence electrons. The summed E-state index contributed by atoms with van der Waals surface area (Å²) in [5.74, 6) is -0.104. The van der Waals surface area contributed by atoms with Crippen LogP contribution in [0.5, 0.6) is 0 Å². The van der Waals surface area contributed by atoms with Gasteiger partial charge in [0.15, 0.2) is 0 Å². The van der Waals surface area contributed by atoms with Gasteiger partial charge in [-0.1, -0.05) is 0 Å². The molecule has 1 unspecified atom stereocenters. The first-order valence-electron chi connectivity index (χ1n) is 3.98. The van der Waals surface area contributed by atoms with Crippen LogP contribution in [0.15, 0.2) is 0 Å². The first kappa shape index (κ1) is 14.4. The van der Waals surface area contributed by atoms with Gasteiger partial charge in [-0.2, -0.15) is 37.9 Å².